The summed E-state index contributed by atoms with van der Waals surface area (Å²) in [7, 11) is 1.72. The largest absolute Gasteiger partial charge is 0.488 e. The second-order valence-electron chi connectivity index (χ2n) is 5.49. The molecule has 0 N–H and O–H groups in total. The minimum atomic E-state index is -0.269. The van der Waals surface area contributed by atoms with Gasteiger partial charge in [-0.05, 0) is 18.1 Å². The van der Waals surface area contributed by atoms with Crippen LogP contribution in [0.15, 0.2) is 28.7 Å². The quantitative estimate of drug-likeness (QED) is 0.846. The summed E-state index contributed by atoms with van der Waals surface area (Å²) < 4.78 is 11.2. The molecule has 0 fully saturated rings. The van der Waals surface area contributed by atoms with Crippen molar-refractivity contribution in [2.24, 2.45) is 0 Å². The third kappa shape index (κ3) is 2.95. The van der Waals surface area contributed by atoms with Crippen molar-refractivity contribution >= 4 is 5.91 Å². The molecule has 1 atom stereocenters. The van der Waals surface area contributed by atoms with Crippen molar-refractivity contribution in [3.05, 3.63) is 41.6 Å². The van der Waals surface area contributed by atoms with E-state index in [9.17, 15) is 4.79 Å². The number of ether oxygens (including phenoxy) is 1. The summed E-state index contributed by atoms with van der Waals surface area (Å²) in [6.07, 6.45) is 2.35. The van der Waals surface area contributed by atoms with Gasteiger partial charge in [-0.25, -0.2) is 0 Å². The van der Waals surface area contributed by atoms with Gasteiger partial charge in [0.15, 0.2) is 0 Å². The summed E-state index contributed by atoms with van der Waals surface area (Å²) in [5, 5.41) is 7.70. The molecule has 3 rings (SSSR count). The number of amides is 1. The fourth-order valence-electron chi connectivity index (χ4n) is 2.56. The smallest absolute Gasteiger partial charge is 0.311 e. The van der Waals surface area contributed by atoms with Crippen molar-refractivity contribution < 1.29 is 13.9 Å². The molecule has 116 valence electrons. The van der Waals surface area contributed by atoms with Crippen LogP contribution in [0.1, 0.15) is 35.5 Å². The Hall–Kier alpha value is -2.37. The van der Waals surface area contributed by atoms with E-state index in [2.05, 4.69) is 10.2 Å². The summed E-state index contributed by atoms with van der Waals surface area (Å²) in [4.78, 5) is 13.9. The summed E-state index contributed by atoms with van der Waals surface area (Å²) in [6.45, 7) is 2.51. The van der Waals surface area contributed by atoms with Gasteiger partial charge in [-0.3, -0.25) is 4.79 Å². The Morgan fingerprint density at radius 3 is 2.95 bits per heavy atom. The third-order valence-corrected chi connectivity index (χ3v) is 3.65. The molecule has 6 nitrogen and oxygen atoms in total. The molecule has 0 saturated carbocycles. The first-order valence-corrected chi connectivity index (χ1v) is 7.49. The fraction of sp³-hybridized carbons (Fsp3) is 0.438. The molecule has 22 heavy (non-hydrogen) atoms. The maximum absolute atomic E-state index is 12.3. The number of benzene rings is 1. The molecular weight excluding hydrogens is 282 g/mol. The van der Waals surface area contributed by atoms with Gasteiger partial charge < -0.3 is 14.1 Å². The van der Waals surface area contributed by atoms with E-state index in [0.29, 0.717) is 18.9 Å². The number of hydrogen-bond acceptors (Lipinski definition) is 5. The lowest BCUT2D eigenvalue weighted by atomic mass is 10.1. The van der Waals surface area contributed by atoms with Gasteiger partial charge in [0.25, 0.3) is 0 Å². The van der Waals surface area contributed by atoms with Crippen LogP contribution in [-0.4, -0.2) is 40.7 Å². The van der Waals surface area contributed by atoms with Crippen LogP contribution in [-0.2, 0) is 12.8 Å². The number of rotatable bonds is 5. The summed E-state index contributed by atoms with van der Waals surface area (Å²) in [5.74, 6) is 1.18. The molecule has 0 bridgehead atoms. The SMILES string of the molecule is CCCc1nnc(C(=O)N(C)C[C@H]2Cc3ccccc3O2)o1. The van der Waals surface area contributed by atoms with Crippen molar-refractivity contribution in [2.75, 3.05) is 13.6 Å². The molecule has 2 heterocycles. The van der Waals surface area contributed by atoms with E-state index >= 15 is 0 Å². The highest BCUT2D eigenvalue weighted by Gasteiger charge is 2.27. The molecule has 0 spiro atoms. The number of carbonyl (C=O) groups excluding carboxylic acids is 1. The van der Waals surface area contributed by atoms with Crippen LogP contribution in [0.5, 0.6) is 5.75 Å². The van der Waals surface area contributed by atoms with Crippen LogP contribution in [0.4, 0.5) is 0 Å². The Kier molecular flexibility index (Phi) is 4.09. The number of fused-ring (bicyclic) bond motifs is 1. The van der Waals surface area contributed by atoms with Gasteiger partial charge >= 0.3 is 11.8 Å². The van der Waals surface area contributed by atoms with Crippen LogP contribution < -0.4 is 4.74 Å². The van der Waals surface area contributed by atoms with Gasteiger partial charge in [-0.2, -0.15) is 0 Å². The number of para-hydroxylation sites is 1. The zero-order valence-electron chi connectivity index (χ0n) is 12.8. The normalized spacial score (nSPS) is 16.2. The minimum absolute atomic E-state index is 0.0376. The monoisotopic (exact) mass is 301 g/mol. The molecule has 6 heteroatoms. The minimum Gasteiger partial charge on any atom is -0.488 e. The van der Waals surface area contributed by atoms with Crippen LogP contribution in [0, 0.1) is 0 Å². The van der Waals surface area contributed by atoms with E-state index < -0.39 is 0 Å². The van der Waals surface area contributed by atoms with Crippen molar-refractivity contribution in [3.8, 4) is 5.75 Å². The van der Waals surface area contributed by atoms with Crippen LogP contribution in [0.2, 0.25) is 0 Å². The molecule has 0 aliphatic carbocycles. The molecule has 2 aromatic rings. The number of aryl methyl sites for hydroxylation is 1. The first-order chi connectivity index (χ1) is 10.7. The number of likely N-dealkylation sites (N-methyl/N-ethyl adjacent to an activating group) is 1. The molecule has 1 amide bonds. The highest BCUT2D eigenvalue weighted by molar-refractivity contribution is 5.89. The van der Waals surface area contributed by atoms with Crippen molar-refractivity contribution in [2.45, 2.75) is 32.3 Å². The van der Waals surface area contributed by atoms with Crippen molar-refractivity contribution in [1.29, 1.82) is 0 Å². The van der Waals surface area contributed by atoms with Gasteiger partial charge in [-0.15, -0.1) is 10.2 Å². The van der Waals surface area contributed by atoms with Crippen LogP contribution in [0.25, 0.3) is 0 Å². The predicted molar refractivity (Wildman–Crippen MR) is 79.8 cm³/mol. The molecule has 1 aliphatic heterocycles. The van der Waals surface area contributed by atoms with Gasteiger partial charge in [0, 0.05) is 19.9 Å². The number of carbonyl (C=O) groups is 1. The maximum atomic E-state index is 12.3. The van der Waals surface area contributed by atoms with E-state index in [-0.39, 0.29) is 17.9 Å². The van der Waals surface area contributed by atoms with E-state index in [1.54, 1.807) is 11.9 Å². The number of hydrogen-bond donors (Lipinski definition) is 0. The van der Waals surface area contributed by atoms with Crippen molar-refractivity contribution in [3.63, 3.8) is 0 Å². The fourth-order valence-corrected chi connectivity index (χ4v) is 2.56. The molecular formula is C16H19N3O3. The Bertz CT molecular complexity index is 643. The van der Waals surface area contributed by atoms with Gasteiger partial charge in [0.05, 0.1) is 6.54 Å². The van der Waals surface area contributed by atoms with Gasteiger partial charge in [0.2, 0.25) is 5.89 Å². The Balaban J connectivity index is 1.60. The second kappa shape index (κ2) is 6.17. The van der Waals surface area contributed by atoms with Gasteiger partial charge in [0.1, 0.15) is 11.9 Å². The zero-order chi connectivity index (χ0) is 15.5. The Morgan fingerprint density at radius 2 is 2.18 bits per heavy atom. The molecule has 0 saturated heterocycles. The van der Waals surface area contributed by atoms with Crippen molar-refractivity contribution in [1.82, 2.24) is 15.1 Å². The molecule has 1 aromatic carbocycles. The van der Waals surface area contributed by atoms with E-state index in [1.807, 2.05) is 31.2 Å². The third-order valence-electron chi connectivity index (χ3n) is 3.65. The topological polar surface area (TPSA) is 68.5 Å². The predicted octanol–water partition coefficient (Wildman–Crippen LogP) is 2.10. The molecule has 1 aromatic heterocycles. The summed E-state index contributed by atoms with van der Waals surface area (Å²) in [6, 6.07) is 7.94. The summed E-state index contributed by atoms with van der Waals surface area (Å²) in [5.41, 5.74) is 1.18. The average Bonchev–Trinajstić information content (AvgIpc) is 3.12. The number of nitrogens with zero attached hydrogens (tertiary/aromatic N) is 3. The highest BCUT2D eigenvalue weighted by atomic mass is 16.5. The van der Waals surface area contributed by atoms with E-state index in [1.165, 1.54) is 5.56 Å². The second-order valence-corrected chi connectivity index (χ2v) is 5.49. The average molecular weight is 301 g/mol. The van der Waals surface area contributed by atoms with Crippen LogP contribution in [0.3, 0.4) is 0 Å². The standard InChI is InChI=1S/C16H19N3O3/c1-3-6-14-17-18-15(22-14)16(20)19(2)10-12-9-11-7-4-5-8-13(11)21-12/h4-5,7-8,12H,3,6,9-10H2,1-2H3/t12-/m1/s1. The lowest BCUT2D eigenvalue weighted by Crippen LogP contribution is -2.36. The van der Waals surface area contributed by atoms with Crippen LogP contribution >= 0.6 is 0 Å². The number of aromatic nitrogens is 2. The Labute approximate surface area is 129 Å². The van der Waals surface area contributed by atoms with E-state index in [0.717, 1.165) is 18.6 Å². The Morgan fingerprint density at radius 1 is 1.36 bits per heavy atom. The lowest BCUT2D eigenvalue weighted by Gasteiger charge is -2.19. The summed E-state index contributed by atoms with van der Waals surface area (Å²) >= 11 is 0. The molecule has 0 radical (unpaired) electrons. The van der Waals surface area contributed by atoms with E-state index in [4.69, 9.17) is 9.15 Å². The first kappa shape index (κ1) is 14.6. The maximum Gasteiger partial charge on any atom is 0.311 e. The first-order valence-electron chi connectivity index (χ1n) is 7.49. The lowest BCUT2D eigenvalue weighted by molar-refractivity contribution is 0.0690. The van der Waals surface area contributed by atoms with Gasteiger partial charge in [-0.1, -0.05) is 25.1 Å². The molecule has 1 aliphatic rings. The zero-order valence-corrected chi connectivity index (χ0v) is 12.8. The highest BCUT2D eigenvalue weighted by Crippen LogP contribution is 2.28. The molecule has 0 unspecified atom stereocenters.